The molecule has 2 aromatic heterocycles. The van der Waals surface area contributed by atoms with E-state index in [-0.39, 0.29) is 24.2 Å². The van der Waals surface area contributed by atoms with Gasteiger partial charge >= 0.3 is 11.9 Å². The Morgan fingerprint density at radius 2 is 1.88 bits per heavy atom. The Hall–Kier alpha value is -4.70. The fraction of sp³-hybridized carbons (Fsp3) is 0.273. The van der Waals surface area contributed by atoms with Gasteiger partial charge in [-0.15, -0.1) is 0 Å². The van der Waals surface area contributed by atoms with E-state index >= 15 is 0 Å². The van der Waals surface area contributed by atoms with E-state index in [4.69, 9.17) is 18.6 Å². The summed E-state index contributed by atoms with van der Waals surface area (Å²) in [4.78, 5) is 44.4. The summed E-state index contributed by atoms with van der Waals surface area (Å²) in [6, 6.07) is 15.4. The number of carbonyl (C=O) groups is 2. The van der Waals surface area contributed by atoms with E-state index in [2.05, 4.69) is 4.99 Å². The van der Waals surface area contributed by atoms with Crippen molar-refractivity contribution in [2.24, 2.45) is 4.99 Å². The van der Waals surface area contributed by atoms with Crippen LogP contribution < -0.4 is 19.6 Å². The highest BCUT2D eigenvalue weighted by molar-refractivity contribution is 7.07. The highest BCUT2D eigenvalue weighted by atomic mass is 32.1. The zero-order chi connectivity index (χ0) is 30.8. The first kappa shape index (κ1) is 29.8. The molecule has 0 amide bonds. The minimum Gasteiger partial charge on any atom is -0.497 e. The lowest BCUT2D eigenvalue weighted by atomic mass is 9.95. The van der Waals surface area contributed by atoms with Crippen molar-refractivity contribution in [3.05, 3.63) is 108 Å². The fourth-order valence-corrected chi connectivity index (χ4v) is 6.00. The number of ether oxygens (including phenoxy) is 3. The molecule has 0 spiro atoms. The molecule has 0 saturated heterocycles. The smallest absolute Gasteiger partial charge is 0.338 e. The van der Waals surface area contributed by atoms with Crippen molar-refractivity contribution in [3.8, 4) is 17.1 Å². The molecule has 1 aliphatic rings. The molecule has 2 aromatic carbocycles. The van der Waals surface area contributed by atoms with Gasteiger partial charge in [0.1, 0.15) is 17.3 Å². The number of carbonyl (C=O) groups excluding carboxylic acids is 2. The molecular formula is C33H32N2O7S. The van der Waals surface area contributed by atoms with Gasteiger partial charge in [0.25, 0.3) is 5.56 Å². The highest BCUT2D eigenvalue weighted by Gasteiger charge is 2.33. The minimum absolute atomic E-state index is 0.190. The third kappa shape index (κ3) is 5.96. The number of methoxy groups -OCH3 is 1. The molecule has 9 nitrogen and oxygen atoms in total. The van der Waals surface area contributed by atoms with Crippen LogP contribution in [-0.4, -0.2) is 36.3 Å². The van der Waals surface area contributed by atoms with Crippen LogP contribution in [0, 0.1) is 6.92 Å². The van der Waals surface area contributed by atoms with Crippen LogP contribution in [0.25, 0.3) is 17.4 Å². The van der Waals surface area contributed by atoms with Gasteiger partial charge in [-0.3, -0.25) is 9.36 Å². The molecule has 1 aliphatic heterocycles. The molecule has 0 radical (unpaired) electrons. The zero-order valence-electron chi connectivity index (χ0n) is 24.8. The van der Waals surface area contributed by atoms with Crippen molar-refractivity contribution >= 4 is 29.4 Å². The monoisotopic (exact) mass is 600 g/mol. The van der Waals surface area contributed by atoms with E-state index in [1.807, 2.05) is 31.2 Å². The maximum atomic E-state index is 13.9. The van der Waals surface area contributed by atoms with E-state index in [1.54, 1.807) is 71.2 Å². The normalized spacial score (nSPS) is 14.9. The first-order valence-electron chi connectivity index (χ1n) is 13.9. The average Bonchev–Trinajstić information content (AvgIpc) is 3.55. The van der Waals surface area contributed by atoms with Crippen molar-refractivity contribution in [1.82, 2.24) is 4.57 Å². The molecule has 43 heavy (non-hydrogen) atoms. The Morgan fingerprint density at radius 3 is 2.58 bits per heavy atom. The maximum absolute atomic E-state index is 13.9. The molecule has 0 fully saturated rings. The number of aromatic nitrogens is 1. The standard InChI is InChI=1S/C33H32N2O7S/c1-7-40-32(38)28-20(5)34-33-35(29(28)21-9-8-10-23(16-21)39-6)30(36)27(43-33)17-24-12-14-26(42-24)25-13-11-22(15-19(25)4)31(37)41-18(2)3/h8-18,29H,7H2,1-6H3/b27-17+/t29-/m1/s1. The molecule has 0 aliphatic carbocycles. The Balaban J connectivity index is 1.56. The largest absolute Gasteiger partial charge is 0.497 e. The lowest BCUT2D eigenvalue weighted by Gasteiger charge is -2.24. The number of nitrogens with zero attached hydrogens (tertiary/aromatic N) is 2. The lowest BCUT2D eigenvalue weighted by molar-refractivity contribution is -0.139. The van der Waals surface area contributed by atoms with E-state index in [1.165, 1.54) is 15.9 Å². The summed E-state index contributed by atoms with van der Waals surface area (Å²) in [5, 5.41) is 0. The van der Waals surface area contributed by atoms with Crippen molar-refractivity contribution in [1.29, 1.82) is 0 Å². The number of hydrogen-bond donors (Lipinski definition) is 0. The zero-order valence-corrected chi connectivity index (χ0v) is 25.6. The summed E-state index contributed by atoms with van der Waals surface area (Å²) >= 11 is 1.21. The van der Waals surface area contributed by atoms with Crippen molar-refractivity contribution in [2.75, 3.05) is 13.7 Å². The summed E-state index contributed by atoms with van der Waals surface area (Å²) in [6.45, 7) is 9.17. The Kier molecular flexibility index (Phi) is 8.50. The molecule has 0 N–H and O–H groups in total. The van der Waals surface area contributed by atoms with Crippen LogP contribution in [0.5, 0.6) is 5.75 Å². The summed E-state index contributed by atoms with van der Waals surface area (Å²) in [6.07, 6.45) is 1.46. The first-order chi connectivity index (χ1) is 20.6. The number of allylic oxidation sites excluding steroid dienone is 1. The average molecular weight is 601 g/mol. The number of rotatable bonds is 8. The predicted octanol–water partition coefficient (Wildman–Crippen LogP) is 4.94. The van der Waals surface area contributed by atoms with Gasteiger partial charge in [0.2, 0.25) is 0 Å². The second kappa shape index (κ2) is 12.3. The molecule has 10 heteroatoms. The van der Waals surface area contributed by atoms with Gasteiger partial charge < -0.3 is 18.6 Å². The minimum atomic E-state index is -0.747. The van der Waals surface area contributed by atoms with Gasteiger partial charge in [-0.25, -0.2) is 14.6 Å². The van der Waals surface area contributed by atoms with Crippen molar-refractivity contribution < 1.29 is 28.2 Å². The molecule has 3 heterocycles. The van der Waals surface area contributed by atoms with Crippen molar-refractivity contribution in [3.63, 3.8) is 0 Å². The topological polar surface area (TPSA) is 109 Å². The molecule has 0 unspecified atom stereocenters. The molecular weight excluding hydrogens is 568 g/mol. The number of thiazole rings is 1. The summed E-state index contributed by atoms with van der Waals surface area (Å²) in [7, 11) is 1.56. The summed E-state index contributed by atoms with van der Waals surface area (Å²) in [5.74, 6) is 0.757. The number of fused-ring (bicyclic) bond motifs is 1. The van der Waals surface area contributed by atoms with Gasteiger partial charge in [-0.1, -0.05) is 29.5 Å². The van der Waals surface area contributed by atoms with Crippen LogP contribution >= 0.6 is 11.3 Å². The molecule has 0 saturated carbocycles. The van der Waals surface area contributed by atoms with Crippen LogP contribution in [0.15, 0.2) is 80.1 Å². The van der Waals surface area contributed by atoms with Gasteiger partial charge in [0.05, 0.1) is 47.2 Å². The molecule has 5 rings (SSSR count). The van der Waals surface area contributed by atoms with Crippen molar-refractivity contribution in [2.45, 2.75) is 46.8 Å². The van der Waals surface area contributed by atoms with Gasteiger partial charge in [-0.05, 0) is 82.1 Å². The van der Waals surface area contributed by atoms with E-state index < -0.39 is 12.0 Å². The Labute approximate surface area is 252 Å². The third-order valence-corrected chi connectivity index (χ3v) is 7.88. The predicted molar refractivity (Wildman–Crippen MR) is 163 cm³/mol. The molecule has 222 valence electrons. The van der Waals surface area contributed by atoms with Gasteiger partial charge in [0, 0.05) is 11.6 Å². The fourth-order valence-electron chi connectivity index (χ4n) is 4.97. The van der Waals surface area contributed by atoms with Crippen LogP contribution in [0.1, 0.15) is 61.0 Å². The highest BCUT2D eigenvalue weighted by Crippen LogP contribution is 2.32. The number of hydrogen-bond acceptors (Lipinski definition) is 9. The first-order valence-corrected chi connectivity index (χ1v) is 14.7. The maximum Gasteiger partial charge on any atom is 0.338 e. The van der Waals surface area contributed by atoms with Crippen LogP contribution in [0.2, 0.25) is 0 Å². The van der Waals surface area contributed by atoms with Gasteiger partial charge in [0.15, 0.2) is 4.80 Å². The van der Waals surface area contributed by atoms with Gasteiger partial charge in [-0.2, -0.15) is 0 Å². The van der Waals surface area contributed by atoms with Crippen LogP contribution in [0.4, 0.5) is 0 Å². The number of aryl methyl sites for hydroxylation is 1. The molecule has 0 bridgehead atoms. The Bertz CT molecular complexity index is 1930. The quantitative estimate of drug-likeness (QED) is 0.264. The van der Waals surface area contributed by atoms with Crippen LogP contribution in [-0.2, 0) is 14.3 Å². The number of furan rings is 1. The number of esters is 2. The third-order valence-electron chi connectivity index (χ3n) is 6.90. The second-order valence-corrected chi connectivity index (χ2v) is 11.3. The number of benzene rings is 2. The molecule has 4 aromatic rings. The second-order valence-electron chi connectivity index (χ2n) is 10.3. The summed E-state index contributed by atoms with van der Waals surface area (Å²) < 4.78 is 24.1. The molecule has 1 atom stereocenters. The lowest BCUT2D eigenvalue weighted by Crippen LogP contribution is -2.39. The van der Waals surface area contributed by atoms with E-state index in [0.717, 1.165) is 11.1 Å². The Morgan fingerprint density at radius 1 is 1.09 bits per heavy atom. The SMILES string of the molecule is CCOC(=O)C1=C(C)N=c2s/c(=C/c3ccc(-c4ccc(C(=O)OC(C)C)cc4C)o3)c(=O)n2[C@@H]1c1cccc(OC)c1. The van der Waals surface area contributed by atoms with E-state index in [9.17, 15) is 14.4 Å². The van der Waals surface area contributed by atoms with Crippen LogP contribution in [0.3, 0.4) is 0 Å². The summed E-state index contributed by atoms with van der Waals surface area (Å²) in [5.41, 5.74) is 3.29. The van der Waals surface area contributed by atoms with E-state index in [0.29, 0.717) is 49.0 Å².